The summed E-state index contributed by atoms with van der Waals surface area (Å²) in [5.74, 6) is 0. The minimum absolute atomic E-state index is 0.0141. The molecule has 32 heteroatoms. The number of benzene rings is 8. The van der Waals surface area contributed by atoms with Gasteiger partial charge in [0, 0.05) is 70.8 Å². The maximum absolute atomic E-state index is 13.5. The van der Waals surface area contributed by atoms with Crippen molar-refractivity contribution >= 4 is 88.7 Å². The van der Waals surface area contributed by atoms with Gasteiger partial charge in [-0.3, -0.25) is 20.0 Å². The number of fused-ring (bicyclic) bond motifs is 4. The molecule has 0 aromatic heterocycles. The van der Waals surface area contributed by atoms with Gasteiger partial charge in [-0.2, -0.15) is 105 Å². The van der Waals surface area contributed by atoms with Crippen LogP contribution in [0.2, 0.25) is 0 Å². The number of rotatable bonds is 14. The molecule has 8 aromatic rings. The topological polar surface area (TPSA) is 130 Å². The van der Waals surface area contributed by atoms with E-state index in [0.29, 0.717) is 43.1 Å². The summed E-state index contributed by atoms with van der Waals surface area (Å²) in [7, 11) is 0. The van der Waals surface area contributed by atoms with Crippen LogP contribution in [-0.2, 0) is 0 Å². The van der Waals surface area contributed by atoms with Crippen molar-refractivity contribution in [2.45, 2.75) is 125 Å². The number of aliphatic hydroxyl groups is 4. The molecule has 0 fully saturated rings. The Balaban J connectivity index is 0.000000271. The third-order valence-corrected chi connectivity index (χ3v) is 15.2. The number of alkyl halides is 24. The van der Waals surface area contributed by atoms with Crippen molar-refractivity contribution in [3.05, 3.63) is 146 Å². The van der Waals surface area contributed by atoms with Gasteiger partial charge in [-0.1, -0.05) is 121 Å². The number of halogens is 24. The molecule has 0 amide bonds. The average Bonchev–Trinajstić information content (AvgIpc) is 0.754. The first-order chi connectivity index (χ1) is 43.8. The molecule has 0 bridgehead atoms. The van der Waals surface area contributed by atoms with E-state index in [4.69, 9.17) is 0 Å². The van der Waals surface area contributed by atoms with Crippen molar-refractivity contribution < 1.29 is 126 Å². The first-order valence-electron chi connectivity index (χ1n) is 27.5. The van der Waals surface area contributed by atoms with Crippen LogP contribution in [0.1, 0.15) is 53.4 Å². The second kappa shape index (κ2) is 26.2. The van der Waals surface area contributed by atoms with Crippen molar-refractivity contribution in [1.29, 1.82) is 0 Å². The van der Waals surface area contributed by atoms with Crippen LogP contribution >= 0.6 is 0 Å². The molecule has 516 valence electrons. The van der Waals surface area contributed by atoms with Gasteiger partial charge in [-0.15, -0.1) is 0 Å². The third kappa shape index (κ3) is 14.8. The summed E-state index contributed by atoms with van der Waals surface area (Å²) in [6.07, 6.45) is -57.2. The highest BCUT2D eigenvalue weighted by atomic mass is 19.4. The number of hydrogen-bond acceptors (Lipinski definition) is 8. The van der Waals surface area contributed by atoms with Gasteiger partial charge < -0.3 is 20.4 Å². The summed E-state index contributed by atoms with van der Waals surface area (Å²) < 4.78 is 323. The molecular weight excluding hydrogens is 1340 g/mol. The summed E-state index contributed by atoms with van der Waals surface area (Å²) in [4.78, 5) is 16.1. The lowest BCUT2D eigenvalue weighted by Crippen LogP contribution is -2.57. The molecule has 0 unspecified atom stereocenters. The summed E-state index contributed by atoms with van der Waals surface area (Å²) >= 11 is 0. The van der Waals surface area contributed by atoms with E-state index in [-0.39, 0.29) is 45.0 Å². The Morgan fingerprint density at radius 3 is 0.531 bits per heavy atom. The van der Waals surface area contributed by atoms with E-state index in [2.05, 4.69) is 20.0 Å². The quantitative estimate of drug-likeness (QED) is 0.0638. The minimum Gasteiger partial charge on any atom is -0.373 e. The lowest BCUT2D eigenvalue weighted by Gasteiger charge is -2.32. The highest BCUT2D eigenvalue weighted by Gasteiger charge is 2.73. The van der Waals surface area contributed by atoms with Crippen LogP contribution in [0.3, 0.4) is 0 Å². The summed E-state index contributed by atoms with van der Waals surface area (Å²) in [5.41, 5.74) is -24.8. The number of nitrogens with zero attached hydrogens (tertiary/aromatic N) is 4. The Bertz CT molecular complexity index is 3720. The van der Waals surface area contributed by atoms with Crippen LogP contribution in [-0.4, -0.2) is 115 Å². The lowest BCUT2D eigenvalue weighted by molar-refractivity contribution is -0.365. The molecular formula is C64H48F24N4O4. The van der Waals surface area contributed by atoms with E-state index in [0.717, 1.165) is 27.7 Å². The average molecular weight is 1390 g/mol. The van der Waals surface area contributed by atoms with E-state index >= 15 is 0 Å². The van der Waals surface area contributed by atoms with Crippen molar-refractivity contribution in [1.82, 2.24) is 0 Å². The van der Waals surface area contributed by atoms with Gasteiger partial charge in [0.1, 0.15) is 0 Å². The maximum atomic E-state index is 13.5. The molecule has 0 aliphatic heterocycles. The molecule has 0 saturated carbocycles. The molecule has 8 rings (SSSR count). The normalized spacial score (nSPS) is 14.7. The first-order valence-corrected chi connectivity index (χ1v) is 27.5. The Kier molecular flexibility index (Phi) is 20.5. The zero-order chi connectivity index (χ0) is 72.2. The highest BCUT2D eigenvalue weighted by Crippen LogP contribution is 2.53. The summed E-state index contributed by atoms with van der Waals surface area (Å²) in [6.45, 7) is 3.29. The van der Waals surface area contributed by atoms with Crippen LogP contribution in [0, 0.1) is 0 Å². The standard InChI is InChI=1S/2C32H24F12N2O2/c2*1-17(15-27(47,29(33,34)35)30(36,37)38)45-23-13-11-19-7-3-5-9-21(19)25(23)26-22-10-6-4-8-20(22)12-14-24(26)46-18(2)16-28(48,31(39,40)41)32(42,43)44/h2*3-14,47-48H,15-16H2,1-2H3. The monoisotopic (exact) mass is 1390 g/mol. The van der Waals surface area contributed by atoms with Crippen LogP contribution < -0.4 is 0 Å². The number of aliphatic imine (C=N–C) groups is 4. The van der Waals surface area contributed by atoms with Crippen LogP contribution in [0.5, 0.6) is 0 Å². The van der Waals surface area contributed by atoms with Crippen molar-refractivity contribution in [2.75, 3.05) is 0 Å². The molecule has 0 aliphatic rings. The van der Waals surface area contributed by atoms with E-state index in [1.54, 1.807) is 48.5 Å². The van der Waals surface area contributed by atoms with Crippen LogP contribution in [0.4, 0.5) is 128 Å². The van der Waals surface area contributed by atoms with Gasteiger partial charge in [0.15, 0.2) is 0 Å². The van der Waals surface area contributed by atoms with E-state index in [9.17, 15) is 126 Å². The number of hydrogen-bond donors (Lipinski definition) is 4. The molecule has 0 heterocycles. The molecule has 0 aliphatic carbocycles. The molecule has 96 heavy (non-hydrogen) atoms. The fraction of sp³-hybridized carbons (Fsp3) is 0.312. The lowest BCUT2D eigenvalue weighted by atomic mass is 9.90. The van der Waals surface area contributed by atoms with Gasteiger partial charge in [-0.25, -0.2) is 0 Å². The van der Waals surface area contributed by atoms with E-state index < -0.39 is 120 Å². The maximum Gasteiger partial charge on any atom is 0.426 e. The fourth-order valence-electron chi connectivity index (χ4n) is 10.4. The SMILES string of the molecule is CC(CC(O)(C(F)(F)F)C(F)(F)F)=Nc1ccc2ccccc2c1-c1c(N=C(C)CC(O)(C(F)(F)F)C(F)(F)F)ccc2ccccc12.CC(CC(O)(C(F)(F)F)C(F)(F)F)=Nc1ccc2ccccc2c1-c1c(N=C(C)CC(O)(C(F)(F)F)C(F)(F)F)ccc2ccccc12. The molecule has 8 aromatic carbocycles. The van der Waals surface area contributed by atoms with Gasteiger partial charge in [0.05, 0.1) is 22.7 Å². The van der Waals surface area contributed by atoms with Crippen LogP contribution in [0.25, 0.3) is 65.3 Å². The Hall–Kier alpha value is -8.36. The van der Waals surface area contributed by atoms with E-state index in [1.807, 2.05) is 0 Å². The second-order valence-electron chi connectivity index (χ2n) is 22.2. The third-order valence-electron chi connectivity index (χ3n) is 15.2. The predicted octanol–water partition coefficient (Wildman–Crippen LogP) is 20.7. The molecule has 0 radical (unpaired) electrons. The molecule has 0 spiro atoms. The van der Waals surface area contributed by atoms with Gasteiger partial charge in [0.25, 0.3) is 22.4 Å². The van der Waals surface area contributed by atoms with E-state index in [1.165, 1.54) is 97.1 Å². The smallest absolute Gasteiger partial charge is 0.373 e. The summed E-state index contributed by atoms with van der Waals surface area (Å²) in [5, 5.41) is 42.1. The fourth-order valence-corrected chi connectivity index (χ4v) is 10.4. The minimum atomic E-state index is -6.14. The Morgan fingerprint density at radius 1 is 0.240 bits per heavy atom. The van der Waals surface area contributed by atoms with Crippen molar-refractivity contribution in [3.8, 4) is 22.3 Å². The zero-order valence-corrected chi connectivity index (χ0v) is 49.3. The molecule has 0 atom stereocenters. The van der Waals surface area contributed by atoms with Gasteiger partial charge in [0.2, 0.25) is 0 Å². The second-order valence-corrected chi connectivity index (χ2v) is 22.2. The van der Waals surface area contributed by atoms with Gasteiger partial charge in [-0.05, 0) is 95.1 Å². The summed E-state index contributed by atoms with van der Waals surface area (Å²) in [6, 6.07) is 35.7. The van der Waals surface area contributed by atoms with Crippen LogP contribution in [0.15, 0.2) is 166 Å². The molecule has 0 saturated heterocycles. The first kappa shape index (κ1) is 75.0. The highest BCUT2D eigenvalue weighted by molar-refractivity contribution is 6.15. The largest absolute Gasteiger partial charge is 0.426 e. The molecule has 8 nitrogen and oxygen atoms in total. The van der Waals surface area contributed by atoms with Crippen molar-refractivity contribution in [2.24, 2.45) is 20.0 Å². The Morgan fingerprint density at radius 2 is 0.385 bits per heavy atom. The van der Waals surface area contributed by atoms with Gasteiger partial charge >= 0.3 is 49.4 Å². The zero-order valence-electron chi connectivity index (χ0n) is 49.3. The molecule has 4 N–H and O–H groups in total. The Labute approximate surface area is 526 Å². The predicted molar refractivity (Wildman–Crippen MR) is 312 cm³/mol. The van der Waals surface area contributed by atoms with Crippen molar-refractivity contribution in [3.63, 3.8) is 0 Å².